The van der Waals surface area contributed by atoms with Gasteiger partial charge in [0.15, 0.2) is 11.5 Å². The maximum atomic E-state index is 12.4. The van der Waals surface area contributed by atoms with Gasteiger partial charge in [-0.3, -0.25) is 20.4 Å². The molecule has 0 aliphatic heterocycles. The minimum Gasteiger partial charge on any atom is -0.493 e. The normalized spacial score (nSPS) is 10.2. The predicted molar refractivity (Wildman–Crippen MR) is 114 cm³/mol. The summed E-state index contributed by atoms with van der Waals surface area (Å²) in [4.78, 5) is 26.9. The number of nitrogens with zero attached hydrogens (tertiary/aromatic N) is 1. The zero-order valence-corrected chi connectivity index (χ0v) is 17.8. The van der Waals surface area contributed by atoms with E-state index in [9.17, 15) is 9.59 Å². The number of ether oxygens (including phenoxy) is 2. The SMILES string of the molecule is CCOc1c(Cl)cc(C(=O)NNC(=O)c2ccc(N(CC)CC)cc2)cc1OC. The van der Waals surface area contributed by atoms with Crippen molar-refractivity contribution in [3.63, 3.8) is 0 Å². The van der Waals surface area contributed by atoms with E-state index >= 15 is 0 Å². The van der Waals surface area contributed by atoms with Crippen molar-refractivity contribution < 1.29 is 19.1 Å². The van der Waals surface area contributed by atoms with Crippen LogP contribution in [0.5, 0.6) is 11.5 Å². The standard InChI is InChI=1S/C21H26ClN3O4/c1-5-25(6-2)16-10-8-14(9-11-16)20(26)23-24-21(27)15-12-17(22)19(29-7-3)18(13-15)28-4/h8-13H,5-7H2,1-4H3,(H,23,26)(H,24,27). The number of nitrogens with one attached hydrogen (secondary N) is 2. The Bertz CT molecular complexity index is 852. The number of rotatable bonds is 8. The molecule has 0 aromatic heterocycles. The van der Waals surface area contributed by atoms with Gasteiger partial charge in [-0.25, -0.2) is 0 Å². The average molecular weight is 420 g/mol. The first kappa shape index (κ1) is 22.4. The molecular weight excluding hydrogens is 394 g/mol. The van der Waals surface area contributed by atoms with Gasteiger partial charge in [-0.1, -0.05) is 11.6 Å². The third kappa shape index (κ3) is 5.54. The maximum absolute atomic E-state index is 12.4. The molecule has 29 heavy (non-hydrogen) atoms. The Labute approximate surface area is 175 Å². The minimum absolute atomic E-state index is 0.229. The Kier molecular flexibility index (Phi) is 8.15. The van der Waals surface area contributed by atoms with Crippen LogP contribution >= 0.6 is 11.6 Å². The molecule has 2 amide bonds. The number of methoxy groups -OCH3 is 1. The molecule has 0 saturated carbocycles. The van der Waals surface area contributed by atoms with Crippen LogP contribution in [0.25, 0.3) is 0 Å². The largest absolute Gasteiger partial charge is 0.493 e. The monoisotopic (exact) mass is 419 g/mol. The van der Waals surface area contributed by atoms with E-state index in [0.29, 0.717) is 23.7 Å². The molecule has 0 saturated heterocycles. The van der Waals surface area contributed by atoms with Crippen LogP contribution in [0, 0.1) is 0 Å². The summed E-state index contributed by atoms with van der Waals surface area (Å²) in [5.41, 5.74) is 6.48. The fraction of sp³-hybridized carbons (Fsp3) is 0.333. The van der Waals surface area contributed by atoms with Crippen LogP contribution < -0.4 is 25.2 Å². The van der Waals surface area contributed by atoms with Gasteiger partial charge in [-0.15, -0.1) is 0 Å². The van der Waals surface area contributed by atoms with Crippen LogP contribution in [-0.2, 0) is 0 Å². The first-order valence-electron chi connectivity index (χ1n) is 9.41. The fourth-order valence-electron chi connectivity index (χ4n) is 2.81. The molecule has 7 nitrogen and oxygen atoms in total. The lowest BCUT2D eigenvalue weighted by molar-refractivity contribution is 0.0846. The van der Waals surface area contributed by atoms with Crippen LogP contribution in [-0.4, -0.2) is 38.6 Å². The number of hydrogen-bond acceptors (Lipinski definition) is 5. The van der Waals surface area contributed by atoms with Gasteiger partial charge in [0.05, 0.1) is 18.7 Å². The van der Waals surface area contributed by atoms with Gasteiger partial charge in [-0.2, -0.15) is 0 Å². The average Bonchev–Trinajstić information content (AvgIpc) is 2.74. The van der Waals surface area contributed by atoms with Crippen molar-refractivity contribution >= 4 is 29.1 Å². The van der Waals surface area contributed by atoms with E-state index in [0.717, 1.165) is 18.8 Å². The molecule has 0 aliphatic carbocycles. The highest BCUT2D eigenvalue weighted by molar-refractivity contribution is 6.32. The fourth-order valence-corrected chi connectivity index (χ4v) is 3.07. The number of halogens is 1. The number of hydrogen-bond donors (Lipinski definition) is 2. The van der Waals surface area contributed by atoms with Crippen molar-refractivity contribution in [1.29, 1.82) is 0 Å². The number of benzene rings is 2. The van der Waals surface area contributed by atoms with Gasteiger partial charge in [0.25, 0.3) is 11.8 Å². The number of carbonyl (C=O) groups is 2. The summed E-state index contributed by atoms with van der Waals surface area (Å²) in [5.74, 6) is -0.247. The Morgan fingerprint density at radius 2 is 1.55 bits per heavy atom. The Morgan fingerprint density at radius 3 is 2.07 bits per heavy atom. The summed E-state index contributed by atoms with van der Waals surface area (Å²) < 4.78 is 10.7. The van der Waals surface area contributed by atoms with E-state index in [2.05, 4.69) is 29.6 Å². The van der Waals surface area contributed by atoms with Crippen molar-refractivity contribution in [2.75, 3.05) is 31.7 Å². The molecule has 0 atom stereocenters. The zero-order chi connectivity index (χ0) is 21.4. The lowest BCUT2D eigenvalue weighted by atomic mass is 10.2. The third-order valence-electron chi connectivity index (χ3n) is 4.33. The quantitative estimate of drug-likeness (QED) is 0.638. The Hall–Kier alpha value is -2.93. The van der Waals surface area contributed by atoms with Crippen molar-refractivity contribution in [2.24, 2.45) is 0 Å². The molecule has 0 unspecified atom stereocenters. The highest BCUT2D eigenvalue weighted by Crippen LogP contribution is 2.36. The Balaban J connectivity index is 2.05. The van der Waals surface area contributed by atoms with Crippen LogP contribution in [0.3, 0.4) is 0 Å². The molecular formula is C21H26ClN3O4. The van der Waals surface area contributed by atoms with Crippen molar-refractivity contribution in [1.82, 2.24) is 10.9 Å². The van der Waals surface area contributed by atoms with Gasteiger partial charge in [0.2, 0.25) is 0 Å². The van der Waals surface area contributed by atoms with E-state index in [4.69, 9.17) is 21.1 Å². The second-order valence-corrected chi connectivity index (χ2v) is 6.46. The topological polar surface area (TPSA) is 79.9 Å². The van der Waals surface area contributed by atoms with Gasteiger partial charge < -0.3 is 14.4 Å². The second kappa shape index (κ2) is 10.6. The molecule has 0 bridgehead atoms. The summed E-state index contributed by atoms with van der Waals surface area (Å²) in [6.07, 6.45) is 0. The minimum atomic E-state index is -0.527. The molecule has 156 valence electrons. The lowest BCUT2D eigenvalue weighted by Crippen LogP contribution is -2.41. The van der Waals surface area contributed by atoms with E-state index in [1.807, 2.05) is 19.1 Å². The van der Waals surface area contributed by atoms with Gasteiger partial charge in [0.1, 0.15) is 0 Å². The number of hydrazine groups is 1. The summed E-state index contributed by atoms with van der Waals surface area (Å²) in [6, 6.07) is 10.1. The van der Waals surface area contributed by atoms with E-state index in [1.165, 1.54) is 19.2 Å². The summed E-state index contributed by atoms with van der Waals surface area (Å²) in [6.45, 7) is 8.13. The predicted octanol–water partition coefficient (Wildman–Crippen LogP) is 3.67. The molecule has 2 N–H and O–H groups in total. The van der Waals surface area contributed by atoms with Crippen LogP contribution in [0.2, 0.25) is 5.02 Å². The molecule has 8 heteroatoms. The molecule has 0 aliphatic rings. The van der Waals surface area contributed by atoms with Crippen LogP contribution in [0.15, 0.2) is 36.4 Å². The number of anilines is 1. The van der Waals surface area contributed by atoms with Crippen LogP contribution in [0.1, 0.15) is 41.5 Å². The Morgan fingerprint density at radius 1 is 0.966 bits per heavy atom. The van der Waals surface area contributed by atoms with E-state index < -0.39 is 11.8 Å². The van der Waals surface area contributed by atoms with Gasteiger partial charge in [-0.05, 0) is 57.2 Å². The summed E-state index contributed by atoms with van der Waals surface area (Å²) >= 11 is 6.18. The molecule has 0 heterocycles. The first-order chi connectivity index (χ1) is 13.9. The van der Waals surface area contributed by atoms with E-state index in [1.54, 1.807) is 12.1 Å². The molecule has 2 aromatic carbocycles. The molecule has 2 rings (SSSR count). The molecule has 0 spiro atoms. The number of amides is 2. The maximum Gasteiger partial charge on any atom is 0.269 e. The highest BCUT2D eigenvalue weighted by Gasteiger charge is 2.16. The lowest BCUT2D eigenvalue weighted by Gasteiger charge is -2.21. The molecule has 0 fully saturated rings. The first-order valence-corrected chi connectivity index (χ1v) is 9.78. The second-order valence-electron chi connectivity index (χ2n) is 6.05. The number of carbonyl (C=O) groups excluding carboxylic acids is 2. The summed E-state index contributed by atoms with van der Waals surface area (Å²) in [7, 11) is 1.46. The van der Waals surface area contributed by atoms with Crippen molar-refractivity contribution in [2.45, 2.75) is 20.8 Å². The molecule has 0 radical (unpaired) electrons. The van der Waals surface area contributed by atoms with Crippen molar-refractivity contribution in [3.8, 4) is 11.5 Å². The summed E-state index contributed by atoms with van der Waals surface area (Å²) in [5, 5.41) is 0.245. The molecule has 2 aromatic rings. The van der Waals surface area contributed by atoms with Crippen molar-refractivity contribution in [3.05, 3.63) is 52.5 Å². The zero-order valence-electron chi connectivity index (χ0n) is 17.0. The smallest absolute Gasteiger partial charge is 0.269 e. The van der Waals surface area contributed by atoms with Gasteiger partial charge >= 0.3 is 0 Å². The van der Waals surface area contributed by atoms with Crippen LogP contribution in [0.4, 0.5) is 5.69 Å². The highest BCUT2D eigenvalue weighted by atomic mass is 35.5. The third-order valence-corrected chi connectivity index (χ3v) is 4.61. The van der Waals surface area contributed by atoms with Gasteiger partial charge in [0, 0.05) is 29.9 Å². The van der Waals surface area contributed by atoms with E-state index in [-0.39, 0.29) is 10.6 Å².